The highest BCUT2D eigenvalue weighted by Gasteiger charge is 2.64. The van der Waals surface area contributed by atoms with Crippen LogP contribution in [0.1, 0.15) is 31.2 Å². The normalized spacial score (nSPS) is 34.3. The third-order valence-corrected chi connectivity index (χ3v) is 4.85. The average Bonchev–Trinajstić information content (AvgIpc) is 3.06. The van der Waals surface area contributed by atoms with E-state index in [2.05, 4.69) is 23.2 Å². The molecule has 2 heteroatoms. The predicted molar refractivity (Wildman–Crippen MR) is 71.1 cm³/mol. The molecule has 0 radical (unpaired) electrons. The largest absolute Gasteiger partial charge is 0.385 e. The molecule has 2 aromatic rings. The number of rotatable bonds is 1. The predicted octanol–water partition coefficient (Wildman–Crippen LogP) is 3.24. The Bertz CT molecular complexity index is 595. The molecule has 1 heterocycles. The van der Waals surface area contributed by atoms with Crippen LogP contribution in [-0.4, -0.2) is 10.1 Å². The van der Waals surface area contributed by atoms with Crippen molar-refractivity contribution in [3.05, 3.63) is 42.1 Å². The Morgan fingerprint density at radius 1 is 1.11 bits per heavy atom. The Labute approximate surface area is 107 Å². The van der Waals surface area contributed by atoms with E-state index in [1.54, 1.807) is 0 Å². The van der Waals surface area contributed by atoms with Crippen LogP contribution < -0.4 is 0 Å². The zero-order valence-corrected chi connectivity index (χ0v) is 10.3. The first-order valence-electron chi connectivity index (χ1n) is 6.88. The van der Waals surface area contributed by atoms with Crippen molar-refractivity contribution in [2.75, 3.05) is 0 Å². The first-order chi connectivity index (χ1) is 8.80. The van der Waals surface area contributed by atoms with Crippen LogP contribution in [0.4, 0.5) is 0 Å². The number of hydrogen-bond acceptors (Lipinski definition) is 2. The summed E-state index contributed by atoms with van der Waals surface area (Å²) in [4.78, 5) is 4.33. The fourth-order valence-corrected chi connectivity index (χ4v) is 3.85. The topological polar surface area (TPSA) is 33.1 Å². The monoisotopic (exact) mass is 239 g/mol. The molecule has 1 aromatic carbocycles. The van der Waals surface area contributed by atoms with Crippen molar-refractivity contribution in [1.29, 1.82) is 0 Å². The van der Waals surface area contributed by atoms with Crippen LogP contribution in [0.25, 0.3) is 10.9 Å². The van der Waals surface area contributed by atoms with Gasteiger partial charge in [-0.2, -0.15) is 0 Å². The van der Waals surface area contributed by atoms with Gasteiger partial charge in [0.15, 0.2) is 0 Å². The average molecular weight is 239 g/mol. The second-order valence-corrected chi connectivity index (χ2v) is 5.73. The fraction of sp³-hybridized carbons (Fsp3) is 0.438. The van der Waals surface area contributed by atoms with Gasteiger partial charge in [0.25, 0.3) is 0 Å². The van der Waals surface area contributed by atoms with Crippen molar-refractivity contribution in [1.82, 2.24) is 4.98 Å². The number of aliphatic hydroxyl groups is 1. The molecule has 18 heavy (non-hydrogen) atoms. The summed E-state index contributed by atoms with van der Waals surface area (Å²) >= 11 is 0. The van der Waals surface area contributed by atoms with Crippen LogP contribution in [0.15, 0.2) is 36.5 Å². The number of pyridine rings is 1. The lowest BCUT2D eigenvalue weighted by Gasteiger charge is -2.12. The van der Waals surface area contributed by atoms with Crippen molar-refractivity contribution < 1.29 is 5.11 Å². The van der Waals surface area contributed by atoms with Gasteiger partial charge in [0.1, 0.15) is 0 Å². The second-order valence-electron chi connectivity index (χ2n) is 5.73. The van der Waals surface area contributed by atoms with Gasteiger partial charge in [0, 0.05) is 11.6 Å². The van der Waals surface area contributed by atoms with E-state index in [0.717, 1.165) is 16.5 Å². The van der Waals surface area contributed by atoms with Gasteiger partial charge in [-0.15, -0.1) is 0 Å². The van der Waals surface area contributed by atoms with Gasteiger partial charge in [-0.05, 0) is 48.4 Å². The quantitative estimate of drug-likeness (QED) is 0.828. The Kier molecular flexibility index (Phi) is 2.07. The lowest BCUT2D eigenvalue weighted by molar-refractivity contribution is 0.118. The maximum absolute atomic E-state index is 10.9. The second kappa shape index (κ2) is 3.55. The summed E-state index contributed by atoms with van der Waals surface area (Å²) < 4.78 is 0. The van der Waals surface area contributed by atoms with E-state index in [4.69, 9.17) is 0 Å². The molecular weight excluding hydrogens is 222 g/mol. The van der Waals surface area contributed by atoms with Crippen LogP contribution in [0.3, 0.4) is 0 Å². The number of aromatic nitrogens is 1. The molecule has 2 unspecified atom stereocenters. The van der Waals surface area contributed by atoms with Crippen LogP contribution in [-0.2, 0) is 5.60 Å². The van der Waals surface area contributed by atoms with E-state index in [1.807, 2.05) is 18.3 Å². The van der Waals surface area contributed by atoms with Gasteiger partial charge in [-0.25, -0.2) is 0 Å². The molecule has 0 spiro atoms. The molecule has 1 aromatic heterocycles. The van der Waals surface area contributed by atoms with Crippen molar-refractivity contribution in [2.45, 2.75) is 31.3 Å². The SMILES string of the molecule is OC1(c2ccc3ncccc3c2)C2CCCCC21. The van der Waals surface area contributed by atoms with Gasteiger partial charge in [0.2, 0.25) is 0 Å². The molecule has 1 N–H and O–H groups in total. The standard InChI is InChI=1S/C16H17NO/c18-16(13-5-1-2-6-14(13)16)12-7-8-15-11(10-12)4-3-9-17-15/h3-4,7-10,13-14,18H,1-2,5-6H2. The van der Waals surface area contributed by atoms with Crippen molar-refractivity contribution in [2.24, 2.45) is 11.8 Å². The molecular formula is C16H17NO. The molecule has 2 saturated carbocycles. The lowest BCUT2D eigenvalue weighted by Crippen LogP contribution is -2.10. The van der Waals surface area contributed by atoms with Crippen molar-refractivity contribution in [3.63, 3.8) is 0 Å². The summed E-state index contributed by atoms with van der Waals surface area (Å²) in [5.41, 5.74) is 1.56. The Balaban J connectivity index is 1.79. The van der Waals surface area contributed by atoms with Gasteiger partial charge in [-0.1, -0.05) is 25.0 Å². The van der Waals surface area contributed by atoms with Crippen LogP contribution in [0.5, 0.6) is 0 Å². The molecule has 0 aliphatic heterocycles. The van der Waals surface area contributed by atoms with Crippen LogP contribution in [0, 0.1) is 11.8 Å². The van der Waals surface area contributed by atoms with E-state index in [9.17, 15) is 5.11 Å². The molecule has 0 amide bonds. The molecule has 2 nitrogen and oxygen atoms in total. The third-order valence-electron chi connectivity index (χ3n) is 4.85. The smallest absolute Gasteiger partial charge is 0.0960 e. The minimum Gasteiger partial charge on any atom is -0.385 e. The highest BCUT2D eigenvalue weighted by Crippen LogP contribution is 2.64. The van der Waals surface area contributed by atoms with E-state index < -0.39 is 5.60 Å². The zero-order valence-electron chi connectivity index (χ0n) is 10.3. The van der Waals surface area contributed by atoms with Gasteiger partial charge in [0.05, 0.1) is 11.1 Å². The fourth-order valence-electron chi connectivity index (χ4n) is 3.85. The Morgan fingerprint density at radius 2 is 1.89 bits per heavy atom. The summed E-state index contributed by atoms with van der Waals surface area (Å²) in [6, 6.07) is 10.2. The molecule has 2 aliphatic carbocycles. The minimum atomic E-state index is -0.541. The zero-order chi connectivity index (χ0) is 12.2. The summed E-state index contributed by atoms with van der Waals surface area (Å²) in [7, 11) is 0. The van der Waals surface area contributed by atoms with Crippen LogP contribution >= 0.6 is 0 Å². The lowest BCUT2D eigenvalue weighted by atomic mass is 10.0. The van der Waals surface area contributed by atoms with E-state index >= 15 is 0 Å². The Morgan fingerprint density at radius 3 is 2.67 bits per heavy atom. The number of nitrogens with zero attached hydrogens (tertiary/aromatic N) is 1. The van der Waals surface area contributed by atoms with Crippen LogP contribution in [0.2, 0.25) is 0 Å². The summed E-state index contributed by atoms with van der Waals surface area (Å²) in [5, 5.41) is 12.0. The summed E-state index contributed by atoms with van der Waals surface area (Å²) in [6.07, 6.45) is 6.74. The third kappa shape index (κ3) is 1.30. The molecule has 4 rings (SSSR count). The molecule has 2 atom stereocenters. The molecule has 0 bridgehead atoms. The number of fused-ring (bicyclic) bond motifs is 2. The van der Waals surface area contributed by atoms with Gasteiger partial charge >= 0.3 is 0 Å². The summed E-state index contributed by atoms with van der Waals surface area (Å²) in [6.45, 7) is 0. The highest BCUT2D eigenvalue weighted by atomic mass is 16.3. The first-order valence-corrected chi connectivity index (χ1v) is 6.88. The Hall–Kier alpha value is -1.41. The minimum absolute atomic E-state index is 0.500. The molecule has 92 valence electrons. The molecule has 0 saturated heterocycles. The molecule has 2 fully saturated rings. The van der Waals surface area contributed by atoms with E-state index in [-0.39, 0.29) is 0 Å². The van der Waals surface area contributed by atoms with Crippen molar-refractivity contribution >= 4 is 10.9 Å². The van der Waals surface area contributed by atoms with E-state index in [0.29, 0.717) is 11.8 Å². The highest BCUT2D eigenvalue weighted by molar-refractivity contribution is 5.79. The van der Waals surface area contributed by atoms with Crippen molar-refractivity contribution in [3.8, 4) is 0 Å². The first kappa shape index (κ1) is 10.5. The molecule has 2 aliphatic rings. The summed E-state index contributed by atoms with van der Waals surface area (Å²) in [5.74, 6) is 1.00. The van der Waals surface area contributed by atoms with Gasteiger partial charge in [-0.3, -0.25) is 4.98 Å². The maximum atomic E-state index is 10.9. The maximum Gasteiger partial charge on any atom is 0.0960 e. The number of benzene rings is 1. The van der Waals surface area contributed by atoms with Gasteiger partial charge < -0.3 is 5.11 Å². The number of hydrogen-bond donors (Lipinski definition) is 1. The van der Waals surface area contributed by atoms with E-state index in [1.165, 1.54) is 25.7 Å².